The molecule has 1 atom stereocenters. The van der Waals surface area contributed by atoms with Crippen molar-refractivity contribution < 1.29 is 13.9 Å². The van der Waals surface area contributed by atoms with Gasteiger partial charge in [-0.05, 0) is 59.2 Å². The number of hydrogen-bond donors (Lipinski definition) is 1. The van der Waals surface area contributed by atoms with E-state index in [1.165, 1.54) is 12.1 Å². The molecule has 130 valence electrons. The fourth-order valence-electron chi connectivity index (χ4n) is 2.18. The Hall–Kier alpha value is -1.62. The molecule has 0 saturated carbocycles. The summed E-state index contributed by atoms with van der Waals surface area (Å²) in [5, 5.41) is 3.31. The Labute approximate surface area is 139 Å². The summed E-state index contributed by atoms with van der Waals surface area (Å²) < 4.78 is 18.7. The van der Waals surface area contributed by atoms with Gasteiger partial charge in [0.15, 0.2) is 0 Å². The molecule has 0 aliphatic heterocycles. The van der Waals surface area contributed by atoms with Crippen molar-refractivity contribution in [2.75, 3.05) is 13.1 Å². The van der Waals surface area contributed by atoms with E-state index in [0.717, 1.165) is 5.56 Å². The van der Waals surface area contributed by atoms with Gasteiger partial charge in [-0.25, -0.2) is 9.18 Å². The third-order valence-electron chi connectivity index (χ3n) is 3.40. The molecule has 0 heterocycles. The van der Waals surface area contributed by atoms with Crippen LogP contribution in [0.2, 0.25) is 0 Å². The molecule has 0 radical (unpaired) electrons. The van der Waals surface area contributed by atoms with E-state index in [1.807, 2.05) is 47.6 Å². The second-order valence-corrected chi connectivity index (χ2v) is 7.00. The molecule has 1 rings (SSSR count). The highest BCUT2D eigenvalue weighted by atomic mass is 19.1. The molecule has 1 aromatic rings. The average Bonchev–Trinajstić information content (AvgIpc) is 2.40. The molecule has 1 aromatic carbocycles. The maximum atomic E-state index is 13.2. The first-order valence-corrected chi connectivity index (χ1v) is 8.08. The summed E-state index contributed by atoms with van der Waals surface area (Å²) in [5.41, 5.74) is 0.380. The molecule has 0 bridgehead atoms. The van der Waals surface area contributed by atoms with Crippen molar-refractivity contribution in [2.24, 2.45) is 0 Å². The number of carbonyl (C=O) groups excluding carboxylic acids is 1. The minimum atomic E-state index is -0.507. The van der Waals surface area contributed by atoms with Gasteiger partial charge in [-0.2, -0.15) is 0 Å². The number of nitrogens with zero attached hydrogens (tertiary/aromatic N) is 1. The number of amides is 1. The first kappa shape index (κ1) is 19.4. The number of ether oxygens (including phenoxy) is 1. The number of carbonyl (C=O) groups is 1. The van der Waals surface area contributed by atoms with E-state index in [4.69, 9.17) is 4.74 Å². The zero-order valence-corrected chi connectivity index (χ0v) is 15.0. The molecule has 0 aromatic heterocycles. The summed E-state index contributed by atoms with van der Waals surface area (Å²) in [6.07, 6.45) is -0.312. The summed E-state index contributed by atoms with van der Waals surface area (Å²) in [5.74, 6) is -0.242. The van der Waals surface area contributed by atoms with E-state index < -0.39 is 5.60 Å². The number of rotatable bonds is 6. The Morgan fingerprint density at radius 1 is 1.30 bits per heavy atom. The number of nitrogens with one attached hydrogen (secondary N) is 1. The SMILES string of the molecule is CC(NCCN(C(=O)OC(C)(C)C)C(C)C)c1cccc(F)c1. The highest BCUT2D eigenvalue weighted by Gasteiger charge is 2.23. The highest BCUT2D eigenvalue weighted by Crippen LogP contribution is 2.14. The van der Waals surface area contributed by atoms with Gasteiger partial charge in [0.05, 0.1) is 0 Å². The minimum Gasteiger partial charge on any atom is -0.444 e. The smallest absolute Gasteiger partial charge is 0.410 e. The van der Waals surface area contributed by atoms with Gasteiger partial charge in [0.1, 0.15) is 11.4 Å². The Bertz CT molecular complexity index is 512. The van der Waals surface area contributed by atoms with E-state index >= 15 is 0 Å². The van der Waals surface area contributed by atoms with Gasteiger partial charge in [0.25, 0.3) is 0 Å². The van der Waals surface area contributed by atoms with Crippen LogP contribution in [0.4, 0.5) is 9.18 Å². The zero-order chi connectivity index (χ0) is 17.6. The van der Waals surface area contributed by atoms with Crippen LogP contribution in [0.1, 0.15) is 53.1 Å². The minimum absolute atomic E-state index is 0.0124. The first-order chi connectivity index (χ1) is 10.6. The van der Waals surface area contributed by atoms with Gasteiger partial charge in [-0.1, -0.05) is 12.1 Å². The second-order valence-electron chi connectivity index (χ2n) is 7.00. The maximum absolute atomic E-state index is 13.2. The monoisotopic (exact) mass is 324 g/mol. The summed E-state index contributed by atoms with van der Waals surface area (Å²) in [6.45, 7) is 12.6. The van der Waals surface area contributed by atoms with E-state index in [0.29, 0.717) is 13.1 Å². The van der Waals surface area contributed by atoms with Crippen molar-refractivity contribution in [1.29, 1.82) is 0 Å². The Morgan fingerprint density at radius 3 is 2.48 bits per heavy atom. The summed E-state index contributed by atoms with van der Waals surface area (Å²) >= 11 is 0. The Morgan fingerprint density at radius 2 is 1.96 bits per heavy atom. The molecule has 0 fully saturated rings. The molecular formula is C18H29FN2O2. The van der Waals surface area contributed by atoms with Crippen LogP contribution >= 0.6 is 0 Å². The van der Waals surface area contributed by atoms with Crippen molar-refractivity contribution in [3.63, 3.8) is 0 Å². The number of benzene rings is 1. The lowest BCUT2D eigenvalue weighted by molar-refractivity contribution is 0.0192. The van der Waals surface area contributed by atoms with Crippen molar-refractivity contribution in [3.05, 3.63) is 35.6 Å². The molecule has 0 aliphatic carbocycles. The molecule has 1 unspecified atom stereocenters. The van der Waals surface area contributed by atoms with Gasteiger partial charge < -0.3 is 15.0 Å². The summed E-state index contributed by atoms with van der Waals surface area (Å²) in [7, 11) is 0. The molecule has 0 saturated heterocycles. The van der Waals surface area contributed by atoms with Crippen LogP contribution < -0.4 is 5.32 Å². The van der Waals surface area contributed by atoms with E-state index in [2.05, 4.69) is 5.32 Å². The largest absolute Gasteiger partial charge is 0.444 e. The lowest BCUT2D eigenvalue weighted by atomic mass is 10.1. The van der Waals surface area contributed by atoms with Gasteiger partial charge >= 0.3 is 6.09 Å². The molecule has 0 spiro atoms. The van der Waals surface area contributed by atoms with E-state index in [-0.39, 0.29) is 24.0 Å². The number of halogens is 1. The van der Waals surface area contributed by atoms with Crippen LogP contribution in [-0.2, 0) is 4.74 Å². The molecule has 1 N–H and O–H groups in total. The topological polar surface area (TPSA) is 41.6 Å². The van der Waals surface area contributed by atoms with Crippen molar-refractivity contribution in [2.45, 2.75) is 59.2 Å². The third-order valence-corrected chi connectivity index (χ3v) is 3.40. The van der Waals surface area contributed by atoms with Crippen LogP contribution in [0.15, 0.2) is 24.3 Å². The molecular weight excluding hydrogens is 295 g/mol. The average molecular weight is 324 g/mol. The van der Waals surface area contributed by atoms with Gasteiger partial charge in [0, 0.05) is 25.2 Å². The van der Waals surface area contributed by atoms with Crippen molar-refractivity contribution in [1.82, 2.24) is 10.2 Å². The van der Waals surface area contributed by atoms with Gasteiger partial charge in [0.2, 0.25) is 0 Å². The standard InChI is InChI=1S/C18H29FN2O2/c1-13(2)21(17(22)23-18(4,5)6)11-10-20-14(3)15-8-7-9-16(19)12-15/h7-9,12-14,20H,10-11H2,1-6H3. The number of hydrogen-bond acceptors (Lipinski definition) is 3. The molecule has 1 amide bonds. The fourth-order valence-corrected chi connectivity index (χ4v) is 2.18. The van der Waals surface area contributed by atoms with E-state index in [9.17, 15) is 9.18 Å². The lowest BCUT2D eigenvalue weighted by Crippen LogP contribution is -2.44. The lowest BCUT2D eigenvalue weighted by Gasteiger charge is -2.30. The summed E-state index contributed by atoms with van der Waals surface area (Å²) in [4.78, 5) is 13.9. The van der Waals surface area contributed by atoms with Crippen LogP contribution in [0.5, 0.6) is 0 Å². The molecule has 23 heavy (non-hydrogen) atoms. The van der Waals surface area contributed by atoms with Crippen LogP contribution in [0.25, 0.3) is 0 Å². The van der Waals surface area contributed by atoms with Crippen molar-refractivity contribution >= 4 is 6.09 Å². The van der Waals surface area contributed by atoms with Crippen LogP contribution in [0.3, 0.4) is 0 Å². The highest BCUT2D eigenvalue weighted by molar-refractivity contribution is 5.68. The normalized spacial score (nSPS) is 13.0. The maximum Gasteiger partial charge on any atom is 0.410 e. The zero-order valence-electron chi connectivity index (χ0n) is 15.0. The molecule has 5 heteroatoms. The predicted octanol–water partition coefficient (Wildman–Crippen LogP) is 4.12. The fraction of sp³-hybridized carbons (Fsp3) is 0.611. The first-order valence-electron chi connectivity index (χ1n) is 8.08. The Balaban J connectivity index is 2.54. The summed E-state index contributed by atoms with van der Waals surface area (Å²) in [6, 6.07) is 6.60. The van der Waals surface area contributed by atoms with Gasteiger partial charge in [-0.3, -0.25) is 0 Å². The van der Waals surface area contributed by atoms with Crippen molar-refractivity contribution in [3.8, 4) is 0 Å². The third kappa shape index (κ3) is 6.99. The van der Waals surface area contributed by atoms with Crippen LogP contribution in [-0.4, -0.2) is 35.7 Å². The molecule has 0 aliphatic rings. The van der Waals surface area contributed by atoms with Gasteiger partial charge in [-0.15, -0.1) is 0 Å². The molecule has 4 nitrogen and oxygen atoms in total. The predicted molar refractivity (Wildman–Crippen MR) is 90.9 cm³/mol. The second kappa shape index (κ2) is 8.29. The Kier molecular flexibility index (Phi) is 7.01. The van der Waals surface area contributed by atoms with Crippen LogP contribution in [0, 0.1) is 5.82 Å². The van der Waals surface area contributed by atoms with E-state index in [1.54, 1.807) is 11.0 Å². The quantitative estimate of drug-likeness (QED) is 0.856.